The molecule has 0 aliphatic carbocycles. The van der Waals surface area contributed by atoms with Gasteiger partial charge in [0, 0.05) is 18.5 Å². The molecule has 2 aromatic heterocycles. The monoisotopic (exact) mass is 251 g/mol. The van der Waals surface area contributed by atoms with Crippen LogP contribution in [0.25, 0.3) is 0 Å². The van der Waals surface area contributed by atoms with Gasteiger partial charge in [0.05, 0.1) is 6.26 Å². The van der Waals surface area contributed by atoms with E-state index in [-0.39, 0.29) is 0 Å². The average molecular weight is 252 g/mol. The first-order valence-corrected chi connectivity index (χ1v) is 5.81. The van der Waals surface area contributed by atoms with Crippen LogP contribution in [0.1, 0.15) is 17.1 Å². The van der Waals surface area contributed by atoms with Crippen LogP contribution < -0.4 is 5.32 Å². The van der Waals surface area contributed by atoms with Gasteiger partial charge in [-0.2, -0.15) is 0 Å². The fraction of sp³-hybridized carbons (Fsp3) is 0.333. The second-order valence-electron chi connectivity index (χ2n) is 3.79. The van der Waals surface area contributed by atoms with Crippen LogP contribution in [0, 0.1) is 13.8 Å². The van der Waals surface area contributed by atoms with Crippen molar-refractivity contribution >= 4 is 17.4 Å². The predicted molar refractivity (Wildman–Crippen MR) is 67.4 cm³/mol. The summed E-state index contributed by atoms with van der Waals surface area (Å²) < 4.78 is 5.25. The van der Waals surface area contributed by atoms with Crippen LogP contribution in [0.5, 0.6) is 0 Å². The molecule has 0 bridgehead atoms. The van der Waals surface area contributed by atoms with Gasteiger partial charge in [-0.1, -0.05) is 11.6 Å². The average Bonchev–Trinajstić information content (AvgIpc) is 2.78. The number of furan rings is 1. The maximum absolute atomic E-state index is 5.99. The van der Waals surface area contributed by atoms with Crippen molar-refractivity contribution in [1.29, 1.82) is 0 Å². The van der Waals surface area contributed by atoms with E-state index in [0.717, 1.165) is 30.1 Å². The number of nitrogens with one attached hydrogen (secondary N) is 1. The lowest BCUT2D eigenvalue weighted by molar-refractivity contribution is 0.513. The smallest absolute Gasteiger partial charge is 0.137 e. The number of nitrogens with zero attached hydrogens (tertiary/aromatic N) is 2. The van der Waals surface area contributed by atoms with Gasteiger partial charge in [0.25, 0.3) is 0 Å². The Bertz CT molecular complexity index is 497. The summed E-state index contributed by atoms with van der Waals surface area (Å²) in [7, 11) is 0. The summed E-state index contributed by atoms with van der Waals surface area (Å²) in [6, 6.07) is 3.83. The van der Waals surface area contributed by atoms with E-state index in [2.05, 4.69) is 15.3 Å². The summed E-state index contributed by atoms with van der Waals surface area (Å²) in [4.78, 5) is 8.40. The predicted octanol–water partition coefficient (Wildman–Crippen LogP) is 2.99. The van der Waals surface area contributed by atoms with E-state index in [4.69, 9.17) is 16.0 Å². The van der Waals surface area contributed by atoms with Crippen molar-refractivity contribution in [2.75, 3.05) is 11.9 Å². The molecule has 0 radical (unpaired) electrons. The highest BCUT2D eigenvalue weighted by Crippen LogP contribution is 2.19. The topological polar surface area (TPSA) is 51.0 Å². The summed E-state index contributed by atoms with van der Waals surface area (Å²) in [5.41, 5.74) is 0.872. The fourth-order valence-electron chi connectivity index (χ4n) is 1.53. The molecule has 0 aliphatic heterocycles. The van der Waals surface area contributed by atoms with Crippen molar-refractivity contribution in [1.82, 2.24) is 9.97 Å². The van der Waals surface area contributed by atoms with Crippen molar-refractivity contribution in [3.05, 3.63) is 40.7 Å². The van der Waals surface area contributed by atoms with Gasteiger partial charge in [0.2, 0.25) is 0 Å². The first-order chi connectivity index (χ1) is 8.16. The Morgan fingerprint density at radius 3 is 2.88 bits per heavy atom. The van der Waals surface area contributed by atoms with Gasteiger partial charge in [-0.15, -0.1) is 0 Å². The molecule has 0 unspecified atom stereocenters. The molecule has 0 amide bonds. The van der Waals surface area contributed by atoms with Crippen LogP contribution in [0.15, 0.2) is 22.8 Å². The number of hydrogen-bond donors (Lipinski definition) is 1. The third kappa shape index (κ3) is 2.97. The van der Waals surface area contributed by atoms with Crippen LogP contribution in [0.2, 0.25) is 5.15 Å². The summed E-state index contributed by atoms with van der Waals surface area (Å²) >= 11 is 5.99. The van der Waals surface area contributed by atoms with E-state index in [1.165, 1.54) is 0 Å². The molecule has 5 heteroatoms. The molecule has 2 rings (SSSR count). The third-order valence-corrected chi connectivity index (χ3v) is 2.81. The van der Waals surface area contributed by atoms with E-state index in [1.807, 2.05) is 26.0 Å². The van der Waals surface area contributed by atoms with Gasteiger partial charge in [0.15, 0.2) is 0 Å². The SMILES string of the molecule is Cc1nc(Cl)c(C)c(NCCc2ccco2)n1. The van der Waals surface area contributed by atoms with E-state index in [9.17, 15) is 0 Å². The zero-order valence-electron chi connectivity index (χ0n) is 9.83. The molecule has 0 atom stereocenters. The van der Waals surface area contributed by atoms with Crippen LogP contribution >= 0.6 is 11.6 Å². The maximum atomic E-state index is 5.99. The van der Waals surface area contributed by atoms with Gasteiger partial charge in [0.1, 0.15) is 22.6 Å². The Balaban J connectivity index is 1.99. The van der Waals surface area contributed by atoms with Crippen LogP contribution in [0.4, 0.5) is 5.82 Å². The summed E-state index contributed by atoms with van der Waals surface area (Å²) in [6.07, 6.45) is 2.49. The number of anilines is 1. The Kier molecular flexibility index (Phi) is 3.64. The minimum absolute atomic E-state index is 0.498. The highest BCUT2D eigenvalue weighted by Gasteiger charge is 2.06. The molecular weight excluding hydrogens is 238 g/mol. The first-order valence-electron chi connectivity index (χ1n) is 5.44. The molecular formula is C12H14ClN3O. The standard InChI is InChI=1S/C12H14ClN3O/c1-8-11(13)15-9(2)16-12(8)14-6-5-10-4-3-7-17-10/h3-4,7H,5-6H2,1-2H3,(H,14,15,16). The van der Waals surface area contributed by atoms with Gasteiger partial charge in [-0.05, 0) is 26.0 Å². The number of rotatable bonds is 4. The van der Waals surface area contributed by atoms with Crippen molar-refractivity contribution in [3.63, 3.8) is 0 Å². The lowest BCUT2D eigenvalue weighted by Crippen LogP contribution is -2.09. The molecule has 0 aliphatic rings. The van der Waals surface area contributed by atoms with Crippen molar-refractivity contribution in [2.45, 2.75) is 20.3 Å². The number of aromatic nitrogens is 2. The largest absolute Gasteiger partial charge is 0.469 e. The summed E-state index contributed by atoms with van der Waals surface area (Å²) in [5.74, 6) is 2.40. The Hall–Kier alpha value is -1.55. The highest BCUT2D eigenvalue weighted by molar-refractivity contribution is 6.30. The van der Waals surface area contributed by atoms with E-state index in [0.29, 0.717) is 11.0 Å². The second-order valence-corrected chi connectivity index (χ2v) is 4.15. The highest BCUT2D eigenvalue weighted by atomic mass is 35.5. The lowest BCUT2D eigenvalue weighted by atomic mass is 10.3. The van der Waals surface area contributed by atoms with Crippen LogP contribution in [-0.2, 0) is 6.42 Å². The Labute approximate surface area is 105 Å². The molecule has 1 N–H and O–H groups in total. The van der Waals surface area contributed by atoms with Gasteiger partial charge in [-0.3, -0.25) is 0 Å². The molecule has 0 saturated carbocycles. The minimum Gasteiger partial charge on any atom is -0.469 e. The normalized spacial score (nSPS) is 10.5. The van der Waals surface area contributed by atoms with Crippen molar-refractivity contribution in [3.8, 4) is 0 Å². The van der Waals surface area contributed by atoms with Gasteiger partial charge in [-0.25, -0.2) is 9.97 Å². The zero-order valence-corrected chi connectivity index (χ0v) is 10.6. The molecule has 0 saturated heterocycles. The van der Waals surface area contributed by atoms with Crippen LogP contribution in [0.3, 0.4) is 0 Å². The van der Waals surface area contributed by atoms with Gasteiger partial charge < -0.3 is 9.73 Å². The third-order valence-electron chi connectivity index (χ3n) is 2.44. The van der Waals surface area contributed by atoms with Gasteiger partial charge >= 0.3 is 0 Å². The maximum Gasteiger partial charge on any atom is 0.137 e. The molecule has 0 aromatic carbocycles. The molecule has 0 fully saturated rings. The summed E-state index contributed by atoms with van der Waals surface area (Å²) in [5, 5.41) is 3.74. The summed E-state index contributed by atoms with van der Waals surface area (Å²) in [6.45, 7) is 4.47. The van der Waals surface area contributed by atoms with E-state index < -0.39 is 0 Å². The molecule has 17 heavy (non-hydrogen) atoms. The Morgan fingerprint density at radius 1 is 1.35 bits per heavy atom. The van der Waals surface area contributed by atoms with Crippen molar-refractivity contribution in [2.24, 2.45) is 0 Å². The number of aryl methyl sites for hydroxylation is 1. The number of hydrogen-bond acceptors (Lipinski definition) is 4. The van der Waals surface area contributed by atoms with E-state index in [1.54, 1.807) is 6.26 Å². The molecule has 4 nitrogen and oxygen atoms in total. The Morgan fingerprint density at radius 2 is 2.18 bits per heavy atom. The second kappa shape index (κ2) is 5.19. The quantitative estimate of drug-likeness (QED) is 0.849. The van der Waals surface area contributed by atoms with Crippen LogP contribution in [-0.4, -0.2) is 16.5 Å². The molecule has 2 aromatic rings. The fourth-order valence-corrected chi connectivity index (χ4v) is 1.74. The number of halogens is 1. The molecule has 0 spiro atoms. The zero-order chi connectivity index (χ0) is 12.3. The van der Waals surface area contributed by atoms with E-state index >= 15 is 0 Å². The minimum atomic E-state index is 0.498. The first kappa shape index (κ1) is 11.9. The molecule has 90 valence electrons. The molecule has 2 heterocycles. The lowest BCUT2D eigenvalue weighted by Gasteiger charge is -2.09. The van der Waals surface area contributed by atoms with Crippen molar-refractivity contribution < 1.29 is 4.42 Å².